The van der Waals surface area contributed by atoms with Crippen LogP contribution in [0.5, 0.6) is 0 Å². The minimum atomic E-state index is 1.03. The van der Waals surface area contributed by atoms with Crippen molar-refractivity contribution in [1.82, 2.24) is 0 Å². The molecule has 0 saturated heterocycles. The minimum absolute atomic E-state index is 1.03. The maximum Gasteiger partial charge on any atom is 0.0135 e. The second-order valence-electron chi connectivity index (χ2n) is 1.97. The van der Waals surface area contributed by atoms with E-state index in [9.17, 15) is 0 Å². The molecule has 2 radical (unpaired) electrons. The molecule has 0 aliphatic rings. The topological polar surface area (TPSA) is 0 Å². The predicted molar refractivity (Wildman–Crippen MR) is 48.1 cm³/mol. The van der Waals surface area contributed by atoms with Crippen LogP contribution < -0.4 is 0 Å². The molecule has 1 aromatic rings. The number of hydrogen-bond donors (Lipinski definition) is 0. The van der Waals surface area contributed by atoms with Crippen LogP contribution in [0.2, 0.25) is 0 Å². The summed E-state index contributed by atoms with van der Waals surface area (Å²) in [4.78, 5) is 0. The Hall–Kier alpha value is -0.0500. The van der Waals surface area contributed by atoms with Gasteiger partial charge < -0.3 is 0 Å². The van der Waals surface area contributed by atoms with E-state index in [1.54, 1.807) is 0 Å². The molecule has 0 aromatic heterocycles. The highest BCUT2D eigenvalue weighted by Gasteiger charge is 1.89. The molecule has 0 aliphatic carbocycles. The number of hydrogen-bond acceptors (Lipinski definition) is 0. The van der Waals surface area contributed by atoms with Crippen molar-refractivity contribution in [2.45, 2.75) is 0 Å². The van der Waals surface area contributed by atoms with Crippen LogP contribution in [-0.2, 0) is 0 Å². The molecule has 0 aliphatic heterocycles. The molecule has 0 saturated carbocycles. The fraction of sp³-hybridized carbons (Fsp3) is 0. The molecule has 0 spiro atoms. The second kappa shape index (κ2) is 2.69. The maximum atomic E-state index is 3.80. The van der Waals surface area contributed by atoms with Gasteiger partial charge in [-0.3, -0.25) is 0 Å². The largest absolute Gasteiger partial charge is 0.0557 e. The zero-order valence-corrected chi connectivity index (χ0v) is 7.18. The zero-order valence-electron chi connectivity index (χ0n) is 5.02. The molecule has 46 valence electrons. The number of benzene rings is 1. The van der Waals surface area contributed by atoms with Gasteiger partial charge in [-0.2, -0.15) is 0 Å². The van der Waals surface area contributed by atoms with E-state index in [2.05, 4.69) is 36.4 Å². The van der Waals surface area contributed by atoms with Gasteiger partial charge in [0.15, 0.2) is 0 Å². The zero-order chi connectivity index (χ0) is 6.85. The molecule has 1 rings (SSSR count). The molecule has 0 atom stereocenters. The first-order chi connectivity index (χ1) is 4.18. The lowest BCUT2D eigenvalue weighted by molar-refractivity contribution is 1.51. The molecular formula is C8H7I. The van der Waals surface area contributed by atoms with E-state index in [0.717, 1.165) is 11.1 Å². The van der Waals surface area contributed by atoms with Gasteiger partial charge in [-0.25, -0.2) is 0 Å². The van der Waals surface area contributed by atoms with Crippen LogP contribution in [0.4, 0.5) is 0 Å². The van der Waals surface area contributed by atoms with Crippen LogP contribution in [0.25, 0.3) is 0 Å². The molecule has 1 heteroatoms. The highest BCUT2D eigenvalue weighted by atomic mass is 127. The highest BCUT2D eigenvalue weighted by Crippen LogP contribution is 2.09. The van der Waals surface area contributed by atoms with Gasteiger partial charge in [-0.15, -0.1) is 0 Å². The Labute approximate surface area is 69.4 Å². The molecule has 0 fully saturated rings. The third-order valence-electron chi connectivity index (χ3n) is 1.02. The van der Waals surface area contributed by atoms with Crippen molar-refractivity contribution in [3.8, 4) is 0 Å². The Bertz CT molecular complexity index is 165. The summed E-state index contributed by atoms with van der Waals surface area (Å²) < 4.78 is 1.20. The summed E-state index contributed by atoms with van der Waals surface area (Å²) >= 11 is 2.25. The fourth-order valence-corrected chi connectivity index (χ4v) is 1.52. The SMILES string of the molecule is [CH2]c1cc([CH2])cc(I)c1. The second-order valence-corrected chi connectivity index (χ2v) is 3.21. The molecule has 9 heavy (non-hydrogen) atoms. The summed E-state index contributed by atoms with van der Waals surface area (Å²) in [5.41, 5.74) is 2.07. The predicted octanol–water partition coefficient (Wildman–Crippen LogP) is 2.66. The Balaban J connectivity index is 3.17. The lowest BCUT2D eigenvalue weighted by Gasteiger charge is -1.95. The van der Waals surface area contributed by atoms with Crippen LogP contribution in [-0.4, -0.2) is 0 Å². The molecule has 0 heterocycles. The van der Waals surface area contributed by atoms with Gasteiger partial charge in [-0.1, -0.05) is 6.07 Å². The van der Waals surface area contributed by atoms with Crippen LogP contribution in [0, 0.1) is 17.4 Å². The van der Waals surface area contributed by atoms with Crippen molar-refractivity contribution in [2.24, 2.45) is 0 Å². The van der Waals surface area contributed by atoms with E-state index in [1.165, 1.54) is 3.57 Å². The first kappa shape index (κ1) is 7.06. The lowest BCUT2D eigenvalue weighted by atomic mass is 10.2. The van der Waals surface area contributed by atoms with Crippen molar-refractivity contribution >= 4 is 22.6 Å². The average Bonchev–Trinajstić information content (AvgIpc) is 1.59. The van der Waals surface area contributed by atoms with E-state index in [0.29, 0.717) is 0 Å². The third-order valence-corrected chi connectivity index (χ3v) is 1.64. The first-order valence-electron chi connectivity index (χ1n) is 2.63. The summed E-state index contributed by atoms with van der Waals surface area (Å²) in [5.74, 6) is 0. The normalized spacial score (nSPS) is 9.67. The molecule has 0 bridgehead atoms. The summed E-state index contributed by atoms with van der Waals surface area (Å²) in [7, 11) is 0. The van der Waals surface area contributed by atoms with Gasteiger partial charge in [0.2, 0.25) is 0 Å². The maximum absolute atomic E-state index is 3.80. The lowest BCUT2D eigenvalue weighted by Crippen LogP contribution is -1.77. The summed E-state index contributed by atoms with van der Waals surface area (Å²) in [6.45, 7) is 7.59. The molecule has 0 nitrogen and oxygen atoms in total. The smallest absolute Gasteiger partial charge is 0.0135 e. The molecular weight excluding hydrogens is 223 g/mol. The highest BCUT2D eigenvalue weighted by molar-refractivity contribution is 14.1. The van der Waals surface area contributed by atoms with Crippen LogP contribution in [0.15, 0.2) is 18.2 Å². The van der Waals surface area contributed by atoms with Crippen LogP contribution in [0.3, 0.4) is 0 Å². The van der Waals surface area contributed by atoms with Gasteiger partial charge in [0.1, 0.15) is 0 Å². The number of rotatable bonds is 0. The van der Waals surface area contributed by atoms with Crippen molar-refractivity contribution < 1.29 is 0 Å². The van der Waals surface area contributed by atoms with E-state index in [4.69, 9.17) is 0 Å². The van der Waals surface area contributed by atoms with Gasteiger partial charge >= 0.3 is 0 Å². The summed E-state index contributed by atoms with van der Waals surface area (Å²) in [6, 6.07) is 6.01. The van der Waals surface area contributed by atoms with E-state index in [1.807, 2.05) is 18.2 Å². The van der Waals surface area contributed by atoms with E-state index >= 15 is 0 Å². The monoisotopic (exact) mass is 230 g/mol. The fourth-order valence-electron chi connectivity index (χ4n) is 0.717. The van der Waals surface area contributed by atoms with Crippen LogP contribution in [0.1, 0.15) is 11.1 Å². The third kappa shape index (κ3) is 1.97. The Kier molecular flexibility index (Phi) is 2.11. The number of halogens is 1. The van der Waals surface area contributed by atoms with Crippen LogP contribution >= 0.6 is 22.6 Å². The Morgan fingerprint density at radius 3 is 1.78 bits per heavy atom. The van der Waals surface area contributed by atoms with Crippen molar-refractivity contribution in [3.63, 3.8) is 0 Å². The van der Waals surface area contributed by atoms with Gasteiger partial charge in [-0.05, 0) is 59.7 Å². The molecule has 0 unspecified atom stereocenters. The quantitative estimate of drug-likeness (QED) is 0.601. The Morgan fingerprint density at radius 2 is 1.44 bits per heavy atom. The van der Waals surface area contributed by atoms with Crippen molar-refractivity contribution in [3.05, 3.63) is 46.7 Å². The molecule has 1 aromatic carbocycles. The van der Waals surface area contributed by atoms with Gasteiger partial charge in [0, 0.05) is 3.57 Å². The average molecular weight is 230 g/mol. The standard InChI is InChI=1S/C8H7I/c1-6-3-7(2)5-8(9)4-6/h3-5H,1-2H2. The minimum Gasteiger partial charge on any atom is -0.0557 e. The Morgan fingerprint density at radius 1 is 1.00 bits per heavy atom. The van der Waals surface area contributed by atoms with Gasteiger partial charge in [0.25, 0.3) is 0 Å². The molecule has 0 N–H and O–H groups in total. The van der Waals surface area contributed by atoms with Crippen molar-refractivity contribution in [1.29, 1.82) is 0 Å². The molecule has 0 amide bonds. The summed E-state index contributed by atoms with van der Waals surface area (Å²) in [6.07, 6.45) is 0. The summed E-state index contributed by atoms with van der Waals surface area (Å²) in [5, 5.41) is 0. The first-order valence-corrected chi connectivity index (χ1v) is 3.71. The van der Waals surface area contributed by atoms with Gasteiger partial charge in [0.05, 0.1) is 0 Å². The van der Waals surface area contributed by atoms with E-state index in [-0.39, 0.29) is 0 Å². The van der Waals surface area contributed by atoms with E-state index < -0.39 is 0 Å². The van der Waals surface area contributed by atoms with Crippen molar-refractivity contribution in [2.75, 3.05) is 0 Å².